The number of fused-ring (bicyclic) bond motifs is 1. The number of aromatic carboxylic acids is 1. The molecule has 92 valence electrons. The molecule has 0 spiro atoms. The predicted octanol–water partition coefficient (Wildman–Crippen LogP) is 2.92. The van der Waals surface area contributed by atoms with Gasteiger partial charge in [0.05, 0.1) is 6.20 Å². The Balaban J connectivity index is 2.06. The van der Waals surface area contributed by atoms with Crippen molar-refractivity contribution in [1.82, 2.24) is 5.16 Å². The van der Waals surface area contributed by atoms with Crippen LogP contribution in [0.25, 0.3) is 11.3 Å². The highest BCUT2D eigenvalue weighted by atomic mass is 16.5. The van der Waals surface area contributed by atoms with Crippen molar-refractivity contribution in [2.75, 3.05) is 0 Å². The molecule has 1 aromatic carbocycles. The molecule has 1 heterocycles. The lowest BCUT2D eigenvalue weighted by Crippen LogP contribution is -2.03. The summed E-state index contributed by atoms with van der Waals surface area (Å²) in [4.78, 5) is 11.0. The van der Waals surface area contributed by atoms with E-state index >= 15 is 0 Å². The lowest BCUT2D eigenvalue weighted by Gasteiger charge is -2.15. The number of aromatic nitrogens is 1. The normalized spacial score (nSPS) is 14.2. The molecule has 0 saturated heterocycles. The maximum Gasteiger partial charge on any atom is 0.341 e. The van der Waals surface area contributed by atoms with E-state index in [1.807, 2.05) is 12.1 Å². The Bertz CT molecular complexity index is 601. The first-order chi connectivity index (χ1) is 8.75. The van der Waals surface area contributed by atoms with Crippen LogP contribution in [0, 0.1) is 0 Å². The van der Waals surface area contributed by atoms with Gasteiger partial charge in [-0.15, -0.1) is 0 Å². The molecule has 3 rings (SSSR count). The third-order valence-corrected chi connectivity index (χ3v) is 3.41. The Morgan fingerprint density at radius 3 is 2.78 bits per heavy atom. The first-order valence-electron chi connectivity index (χ1n) is 6.06. The van der Waals surface area contributed by atoms with Gasteiger partial charge in [-0.2, -0.15) is 0 Å². The smallest absolute Gasteiger partial charge is 0.341 e. The Kier molecular flexibility index (Phi) is 2.63. The van der Waals surface area contributed by atoms with Gasteiger partial charge in [0.2, 0.25) is 0 Å². The molecule has 18 heavy (non-hydrogen) atoms. The molecular weight excluding hydrogens is 230 g/mol. The van der Waals surface area contributed by atoms with Crippen LogP contribution in [0.15, 0.2) is 28.9 Å². The third kappa shape index (κ3) is 1.79. The van der Waals surface area contributed by atoms with Crippen molar-refractivity contribution in [1.29, 1.82) is 0 Å². The molecule has 0 unspecified atom stereocenters. The fraction of sp³-hybridized carbons (Fsp3) is 0.286. The highest BCUT2D eigenvalue weighted by molar-refractivity contribution is 5.93. The molecule has 1 aliphatic rings. The zero-order valence-corrected chi connectivity index (χ0v) is 9.85. The molecule has 0 aliphatic heterocycles. The lowest BCUT2D eigenvalue weighted by molar-refractivity contribution is 0.0697. The molecule has 4 heteroatoms. The summed E-state index contributed by atoms with van der Waals surface area (Å²) in [6, 6.07) is 6.01. The van der Waals surface area contributed by atoms with Gasteiger partial charge in [0.25, 0.3) is 0 Å². The largest absolute Gasteiger partial charge is 0.477 e. The summed E-state index contributed by atoms with van der Waals surface area (Å²) in [5.74, 6) is -0.667. The third-order valence-electron chi connectivity index (χ3n) is 3.41. The van der Waals surface area contributed by atoms with Gasteiger partial charge >= 0.3 is 5.97 Å². The molecule has 0 atom stereocenters. The van der Waals surface area contributed by atoms with E-state index in [1.165, 1.54) is 30.2 Å². The topological polar surface area (TPSA) is 63.3 Å². The molecule has 4 nitrogen and oxygen atoms in total. The number of carboxylic acids is 1. The van der Waals surface area contributed by atoms with E-state index in [0.717, 1.165) is 18.4 Å². The fourth-order valence-electron chi connectivity index (χ4n) is 2.47. The molecule has 2 aromatic rings. The SMILES string of the molecule is O=C(O)c1cnoc1-c1ccc2c(c1)CCCC2. The molecule has 1 aromatic heterocycles. The Hall–Kier alpha value is -2.10. The van der Waals surface area contributed by atoms with Crippen LogP contribution in [-0.2, 0) is 12.8 Å². The second-order valence-corrected chi connectivity index (χ2v) is 4.56. The van der Waals surface area contributed by atoms with E-state index in [0.29, 0.717) is 5.76 Å². The Morgan fingerprint density at radius 2 is 2.00 bits per heavy atom. The average molecular weight is 243 g/mol. The van der Waals surface area contributed by atoms with Crippen LogP contribution >= 0.6 is 0 Å². The molecule has 1 N–H and O–H groups in total. The second-order valence-electron chi connectivity index (χ2n) is 4.56. The molecule has 0 radical (unpaired) electrons. The number of carbonyl (C=O) groups is 1. The van der Waals surface area contributed by atoms with Crippen LogP contribution in [0.2, 0.25) is 0 Å². The number of nitrogens with zero attached hydrogens (tertiary/aromatic N) is 1. The Labute approximate surface area is 104 Å². The number of hydrogen-bond acceptors (Lipinski definition) is 3. The van der Waals surface area contributed by atoms with Crippen LogP contribution in [0.4, 0.5) is 0 Å². The van der Waals surface area contributed by atoms with Crippen molar-refractivity contribution >= 4 is 5.97 Å². The number of aryl methyl sites for hydroxylation is 2. The summed E-state index contributed by atoms with van der Waals surface area (Å²) >= 11 is 0. The van der Waals surface area contributed by atoms with Gasteiger partial charge in [0.1, 0.15) is 5.56 Å². The number of carboxylic acid groups (broad SMARTS) is 1. The molecule has 0 fully saturated rings. The zero-order chi connectivity index (χ0) is 12.5. The van der Waals surface area contributed by atoms with E-state index in [-0.39, 0.29) is 5.56 Å². The van der Waals surface area contributed by atoms with Crippen LogP contribution in [0.3, 0.4) is 0 Å². The van der Waals surface area contributed by atoms with Crippen LogP contribution < -0.4 is 0 Å². The van der Waals surface area contributed by atoms with E-state index < -0.39 is 5.97 Å². The zero-order valence-electron chi connectivity index (χ0n) is 9.85. The Morgan fingerprint density at radius 1 is 1.22 bits per heavy atom. The van der Waals surface area contributed by atoms with Crippen molar-refractivity contribution in [2.24, 2.45) is 0 Å². The van der Waals surface area contributed by atoms with Gasteiger partial charge in [-0.3, -0.25) is 0 Å². The summed E-state index contributed by atoms with van der Waals surface area (Å²) in [7, 11) is 0. The summed E-state index contributed by atoms with van der Waals surface area (Å²) in [5.41, 5.74) is 3.57. The highest BCUT2D eigenvalue weighted by Crippen LogP contribution is 2.29. The van der Waals surface area contributed by atoms with Crippen LogP contribution in [0.5, 0.6) is 0 Å². The number of rotatable bonds is 2. The summed E-state index contributed by atoms with van der Waals surface area (Å²) in [6.45, 7) is 0. The quantitative estimate of drug-likeness (QED) is 0.880. The maximum atomic E-state index is 11.0. The van der Waals surface area contributed by atoms with Crippen molar-refractivity contribution < 1.29 is 14.4 Å². The van der Waals surface area contributed by atoms with Gasteiger partial charge in [-0.25, -0.2) is 4.79 Å². The monoisotopic (exact) mass is 243 g/mol. The van der Waals surface area contributed by atoms with E-state index in [9.17, 15) is 4.79 Å². The summed E-state index contributed by atoms with van der Waals surface area (Å²) in [5, 5.41) is 12.6. The van der Waals surface area contributed by atoms with Crippen molar-refractivity contribution in [3.05, 3.63) is 41.1 Å². The van der Waals surface area contributed by atoms with Crippen molar-refractivity contribution in [3.63, 3.8) is 0 Å². The van der Waals surface area contributed by atoms with E-state index in [2.05, 4.69) is 11.2 Å². The standard InChI is InChI=1S/C14H13NO3/c16-14(17)12-8-15-18-13(12)11-6-5-9-3-1-2-4-10(9)7-11/h5-8H,1-4H2,(H,16,17). The molecule has 1 aliphatic carbocycles. The average Bonchev–Trinajstić information content (AvgIpc) is 2.87. The van der Waals surface area contributed by atoms with E-state index in [4.69, 9.17) is 9.63 Å². The minimum Gasteiger partial charge on any atom is -0.477 e. The van der Waals surface area contributed by atoms with Crippen molar-refractivity contribution in [2.45, 2.75) is 25.7 Å². The molecule has 0 bridgehead atoms. The summed E-state index contributed by atoms with van der Waals surface area (Å²) < 4.78 is 5.07. The van der Waals surface area contributed by atoms with Gasteiger partial charge in [0, 0.05) is 5.56 Å². The first-order valence-corrected chi connectivity index (χ1v) is 6.06. The highest BCUT2D eigenvalue weighted by Gasteiger charge is 2.18. The second kappa shape index (κ2) is 4.29. The van der Waals surface area contributed by atoms with Crippen LogP contribution in [0.1, 0.15) is 34.3 Å². The van der Waals surface area contributed by atoms with Gasteiger partial charge < -0.3 is 9.63 Å². The minimum absolute atomic E-state index is 0.116. The van der Waals surface area contributed by atoms with Gasteiger partial charge in [-0.05, 0) is 42.9 Å². The fourth-order valence-corrected chi connectivity index (χ4v) is 2.47. The maximum absolute atomic E-state index is 11.0. The molecule has 0 amide bonds. The summed E-state index contributed by atoms with van der Waals surface area (Å²) in [6.07, 6.45) is 5.84. The first kappa shape index (κ1) is 11.0. The minimum atomic E-state index is -1.01. The lowest BCUT2D eigenvalue weighted by atomic mass is 9.90. The van der Waals surface area contributed by atoms with Gasteiger partial charge in [0.15, 0.2) is 5.76 Å². The number of benzene rings is 1. The van der Waals surface area contributed by atoms with Gasteiger partial charge in [-0.1, -0.05) is 17.3 Å². The number of hydrogen-bond donors (Lipinski definition) is 1. The van der Waals surface area contributed by atoms with Crippen LogP contribution in [-0.4, -0.2) is 16.2 Å². The molecular formula is C14H13NO3. The van der Waals surface area contributed by atoms with Crippen molar-refractivity contribution in [3.8, 4) is 11.3 Å². The molecule has 0 saturated carbocycles. The predicted molar refractivity (Wildman–Crippen MR) is 65.5 cm³/mol. The van der Waals surface area contributed by atoms with E-state index in [1.54, 1.807) is 0 Å².